The number of ether oxygens (including phenoxy) is 1. The average Bonchev–Trinajstić information content (AvgIpc) is 3.16. The fourth-order valence-electron chi connectivity index (χ4n) is 3.05. The highest BCUT2D eigenvalue weighted by Crippen LogP contribution is 2.23. The maximum Gasteiger partial charge on any atom is 0.145 e. The highest BCUT2D eigenvalue weighted by Gasteiger charge is 2.34. The summed E-state index contributed by atoms with van der Waals surface area (Å²) in [6, 6.07) is 11.7. The van der Waals surface area contributed by atoms with Crippen LogP contribution in [0.5, 0.6) is 0 Å². The summed E-state index contributed by atoms with van der Waals surface area (Å²) < 4.78 is 20.0. The van der Waals surface area contributed by atoms with E-state index in [4.69, 9.17) is 4.74 Å². The predicted molar refractivity (Wildman–Crippen MR) is 90.8 cm³/mol. The summed E-state index contributed by atoms with van der Waals surface area (Å²) in [6.45, 7) is 3.11. The Morgan fingerprint density at radius 1 is 1.29 bits per heavy atom. The summed E-state index contributed by atoms with van der Waals surface area (Å²) in [5.41, 5.74) is 3.05. The number of hydrogen-bond donors (Lipinski definition) is 1. The Bertz CT molecular complexity index is 835. The Hall–Kier alpha value is -2.47. The fraction of sp³-hybridized carbons (Fsp3) is 0.333. The van der Waals surface area contributed by atoms with Crippen molar-refractivity contribution in [1.82, 2.24) is 15.0 Å². The van der Waals surface area contributed by atoms with Gasteiger partial charge in [0.15, 0.2) is 0 Å². The van der Waals surface area contributed by atoms with Crippen LogP contribution in [0.25, 0.3) is 11.0 Å². The van der Waals surface area contributed by atoms with Gasteiger partial charge in [0.05, 0.1) is 17.6 Å². The van der Waals surface area contributed by atoms with E-state index in [0.717, 1.165) is 22.7 Å². The van der Waals surface area contributed by atoms with E-state index < -0.39 is 12.3 Å². The first-order valence-electron chi connectivity index (χ1n) is 8.06. The maximum atomic E-state index is 14.3. The highest BCUT2D eigenvalue weighted by molar-refractivity contribution is 5.75. The third-order valence-corrected chi connectivity index (χ3v) is 4.29. The number of fused-ring (bicyclic) bond motifs is 1. The van der Waals surface area contributed by atoms with Crippen molar-refractivity contribution in [3.8, 4) is 0 Å². The molecule has 0 bridgehead atoms. The molecule has 0 unspecified atom stereocenters. The molecular weight excluding hydrogens is 307 g/mol. The lowest BCUT2D eigenvalue weighted by molar-refractivity contribution is 0.0115. The second-order valence-electron chi connectivity index (χ2n) is 6.16. The third kappa shape index (κ3) is 2.97. The zero-order valence-electron chi connectivity index (χ0n) is 13.4. The summed E-state index contributed by atoms with van der Waals surface area (Å²) in [5.74, 6) is 1.50. The molecule has 4 rings (SSSR count). The van der Waals surface area contributed by atoms with Gasteiger partial charge in [0, 0.05) is 12.7 Å². The second kappa shape index (κ2) is 6.20. The SMILES string of the molecule is Cc1ccc2nc(CO[C@H]3CN(c4ccccn4)C[C@H]3F)[nH]c2c1. The van der Waals surface area contributed by atoms with Crippen molar-refractivity contribution in [1.29, 1.82) is 0 Å². The molecule has 0 amide bonds. The third-order valence-electron chi connectivity index (χ3n) is 4.29. The molecule has 1 N–H and O–H groups in total. The molecule has 0 saturated carbocycles. The lowest BCUT2D eigenvalue weighted by Crippen LogP contribution is -2.24. The number of alkyl halides is 1. The highest BCUT2D eigenvalue weighted by atomic mass is 19.1. The molecule has 5 nitrogen and oxygen atoms in total. The van der Waals surface area contributed by atoms with Crippen LogP contribution in [0.1, 0.15) is 11.4 Å². The number of benzene rings is 1. The number of H-pyrrole nitrogens is 1. The number of rotatable bonds is 4. The number of nitrogens with zero attached hydrogens (tertiary/aromatic N) is 3. The van der Waals surface area contributed by atoms with Gasteiger partial charge in [0.1, 0.15) is 30.5 Å². The Balaban J connectivity index is 1.41. The maximum absolute atomic E-state index is 14.3. The Kier molecular flexibility index (Phi) is 3.90. The van der Waals surface area contributed by atoms with E-state index in [0.29, 0.717) is 13.1 Å². The molecule has 1 saturated heterocycles. The van der Waals surface area contributed by atoms with Crippen LogP contribution in [0, 0.1) is 6.92 Å². The number of aromatic amines is 1. The minimum atomic E-state index is -1.03. The molecule has 3 aromatic rings. The molecule has 1 aromatic carbocycles. The minimum Gasteiger partial charge on any atom is -0.365 e. The normalized spacial score (nSPS) is 20.8. The molecule has 24 heavy (non-hydrogen) atoms. The summed E-state index contributed by atoms with van der Waals surface area (Å²) in [5, 5.41) is 0. The lowest BCUT2D eigenvalue weighted by atomic mass is 10.2. The quantitative estimate of drug-likeness (QED) is 0.801. The van der Waals surface area contributed by atoms with Crippen molar-refractivity contribution in [2.24, 2.45) is 0 Å². The topological polar surface area (TPSA) is 54.0 Å². The van der Waals surface area contributed by atoms with E-state index in [1.165, 1.54) is 5.56 Å². The molecule has 2 atom stereocenters. The predicted octanol–water partition coefficient (Wildman–Crippen LogP) is 3.01. The van der Waals surface area contributed by atoms with Crippen LogP contribution in [-0.2, 0) is 11.3 Å². The van der Waals surface area contributed by atoms with Crippen molar-refractivity contribution >= 4 is 16.9 Å². The molecule has 1 aliphatic rings. The van der Waals surface area contributed by atoms with Gasteiger partial charge < -0.3 is 14.6 Å². The number of pyridine rings is 1. The van der Waals surface area contributed by atoms with Crippen molar-refractivity contribution < 1.29 is 9.13 Å². The molecule has 124 valence electrons. The van der Waals surface area contributed by atoms with Gasteiger partial charge in [-0.3, -0.25) is 0 Å². The van der Waals surface area contributed by atoms with E-state index in [-0.39, 0.29) is 6.61 Å². The Morgan fingerprint density at radius 2 is 2.21 bits per heavy atom. The van der Waals surface area contributed by atoms with Gasteiger partial charge in [0.25, 0.3) is 0 Å². The van der Waals surface area contributed by atoms with E-state index >= 15 is 0 Å². The summed E-state index contributed by atoms with van der Waals surface area (Å²) in [4.78, 5) is 13.9. The van der Waals surface area contributed by atoms with E-state index in [1.54, 1.807) is 6.20 Å². The van der Waals surface area contributed by atoms with Crippen LogP contribution >= 0.6 is 0 Å². The molecule has 2 aromatic heterocycles. The van der Waals surface area contributed by atoms with Crippen molar-refractivity contribution in [2.75, 3.05) is 18.0 Å². The molecule has 3 heterocycles. The van der Waals surface area contributed by atoms with Crippen LogP contribution in [-0.4, -0.2) is 40.3 Å². The second-order valence-corrected chi connectivity index (χ2v) is 6.16. The zero-order chi connectivity index (χ0) is 16.5. The van der Waals surface area contributed by atoms with Crippen LogP contribution in [0.2, 0.25) is 0 Å². The number of anilines is 1. The molecule has 0 radical (unpaired) electrons. The fourth-order valence-corrected chi connectivity index (χ4v) is 3.05. The van der Waals surface area contributed by atoms with Gasteiger partial charge in [-0.25, -0.2) is 14.4 Å². The van der Waals surface area contributed by atoms with Gasteiger partial charge in [-0.05, 0) is 36.8 Å². The molecular formula is C18H19FN4O. The standard InChI is InChI=1S/C18H19FN4O/c1-12-5-6-14-15(8-12)22-17(21-14)11-24-16-10-23(9-13(16)19)18-4-2-3-7-20-18/h2-8,13,16H,9-11H2,1H3,(H,21,22)/t13-,16+/m1/s1. The molecule has 0 aliphatic carbocycles. The average molecular weight is 326 g/mol. The number of imidazole rings is 1. The van der Waals surface area contributed by atoms with Gasteiger partial charge >= 0.3 is 0 Å². The molecule has 1 aliphatic heterocycles. The number of hydrogen-bond acceptors (Lipinski definition) is 4. The minimum absolute atomic E-state index is 0.273. The number of nitrogens with one attached hydrogen (secondary N) is 1. The van der Waals surface area contributed by atoms with Crippen LogP contribution in [0.15, 0.2) is 42.6 Å². The van der Waals surface area contributed by atoms with E-state index in [2.05, 4.69) is 15.0 Å². The monoisotopic (exact) mass is 326 g/mol. The largest absolute Gasteiger partial charge is 0.365 e. The number of aryl methyl sites for hydroxylation is 1. The van der Waals surface area contributed by atoms with E-state index in [1.807, 2.05) is 48.2 Å². The van der Waals surface area contributed by atoms with Gasteiger partial charge in [0.2, 0.25) is 0 Å². The molecule has 6 heteroatoms. The lowest BCUT2D eigenvalue weighted by Gasteiger charge is -2.16. The van der Waals surface area contributed by atoms with Crippen LogP contribution in [0.4, 0.5) is 10.2 Å². The van der Waals surface area contributed by atoms with Gasteiger partial charge in [-0.1, -0.05) is 12.1 Å². The summed E-state index contributed by atoms with van der Waals surface area (Å²) in [7, 11) is 0. The zero-order valence-corrected chi connectivity index (χ0v) is 13.4. The van der Waals surface area contributed by atoms with Gasteiger partial charge in [-0.15, -0.1) is 0 Å². The van der Waals surface area contributed by atoms with Crippen molar-refractivity contribution in [2.45, 2.75) is 25.8 Å². The first-order chi connectivity index (χ1) is 11.7. The van der Waals surface area contributed by atoms with Crippen molar-refractivity contribution in [3.63, 3.8) is 0 Å². The first kappa shape index (κ1) is 15.1. The first-order valence-corrected chi connectivity index (χ1v) is 8.06. The Labute approximate surface area is 139 Å². The van der Waals surface area contributed by atoms with Gasteiger partial charge in [-0.2, -0.15) is 0 Å². The Morgan fingerprint density at radius 3 is 3.04 bits per heavy atom. The van der Waals surface area contributed by atoms with Crippen LogP contribution < -0.4 is 4.90 Å². The summed E-state index contributed by atoms with van der Waals surface area (Å²) in [6.07, 6.45) is 0.216. The smallest absolute Gasteiger partial charge is 0.145 e. The van der Waals surface area contributed by atoms with Crippen molar-refractivity contribution in [3.05, 3.63) is 54.0 Å². The molecule has 1 fully saturated rings. The molecule has 0 spiro atoms. The number of aromatic nitrogens is 3. The van der Waals surface area contributed by atoms with Crippen LogP contribution in [0.3, 0.4) is 0 Å². The number of halogens is 1. The summed E-state index contributed by atoms with van der Waals surface area (Å²) >= 11 is 0. The van der Waals surface area contributed by atoms with E-state index in [9.17, 15) is 4.39 Å².